The molecule has 27 heavy (non-hydrogen) atoms. The highest BCUT2D eigenvalue weighted by atomic mass is 16.6. The molecule has 2 aromatic carbocycles. The summed E-state index contributed by atoms with van der Waals surface area (Å²) in [5, 5.41) is 20.3. The molecule has 0 aliphatic heterocycles. The van der Waals surface area contributed by atoms with Crippen molar-refractivity contribution in [1.29, 1.82) is 5.26 Å². The summed E-state index contributed by atoms with van der Waals surface area (Å²) in [7, 11) is 0. The summed E-state index contributed by atoms with van der Waals surface area (Å²) in [5.74, 6) is 1.30. The maximum Gasteiger partial charge on any atom is 0.269 e. The third kappa shape index (κ3) is 5.58. The molecule has 0 saturated carbocycles. The first-order valence-corrected chi connectivity index (χ1v) is 8.64. The molecule has 0 aliphatic rings. The average molecular weight is 366 g/mol. The Labute approximate surface area is 158 Å². The Kier molecular flexibility index (Phi) is 6.56. The summed E-state index contributed by atoms with van der Waals surface area (Å²) >= 11 is 0. The maximum atomic E-state index is 10.8. The molecule has 0 radical (unpaired) electrons. The average Bonchev–Trinajstić information content (AvgIpc) is 2.60. The quantitative estimate of drug-likeness (QED) is 0.290. The monoisotopic (exact) mass is 366 g/mol. The molecule has 0 atom stereocenters. The van der Waals surface area contributed by atoms with E-state index in [1.807, 2.05) is 39.8 Å². The predicted molar refractivity (Wildman–Crippen MR) is 105 cm³/mol. The number of ether oxygens (including phenoxy) is 2. The molecule has 6 heteroatoms. The highest BCUT2D eigenvalue weighted by Gasteiger charge is 2.11. The summed E-state index contributed by atoms with van der Waals surface area (Å²) in [6.07, 6.45) is 1.70. The highest BCUT2D eigenvalue weighted by Crippen LogP contribution is 2.30. The minimum Gasteiger partial charge on any atom is -0.491 e. The molecular formula is C21H22N2O4. The third-order valence-corrected chi connectivity index (χ3v) is 3.53. The zero-order chi connectivity index (χ0) is 20.0. The molecule has 0 heterocycles. The van der Waals surface area contributed by atoms with E-state index in [2.05, 4.69) is 6.07 Å². The molecular weight excluding hydrogens is 344 g/mol. The van der Waals surface area contributed by atoms with Crippen molar-refractivity contribution in [3.05, 3.63) is 63.7 Å². The second-order valence-electron chi connectivity index (χ2n) is 6.51. The number of allylic oxidation sites excluding steroid dienone is 1. The van der Waals surface area contributed by atoms with Gasteiger partial charge in [0.05, 0.1) is 28.8 Å². The molecule has 0 bridgehead atoms. The Morgan fingerprint density at radius 3 is 2.22 bits per heavy atom. The van der Waals surface area contributed by atoms with Crippen molar-refractivity contribution < 1.29 is 14.4 Å². The molecule has 2 rings (SSSR count). The van der Waals surface area contributed by atoms with Crippen LogP contribution in [0.4, 0.5) is 5.69 Å². The van der Waals surface area contributed by atoms with Gasteiger partial charge in [0.25, 0.3) is 5.69 Å². The van der Waals surface area contributed by atoms with Crippen LogP contribution < -0.4 is 9.47 Å². The normalized spacial score (nSPS) is 11.4. The number of nitro groups is 1. The summed E-state index contributed by atoms with van der Waals surface area (Å²) in [5.41, 5.74) is 1.70. The summed E-state index contributed by atoms with van der Waals surface area (Å²) in [6.45, 7) is 7.73. The highest BCUT2D eigenvalue weighted by molar-refractivity contribution is 5.90. The van der Waals surface area contributed by atoms with Crippen molar-refractivity contribution in [3.8, 4) is 17.6 Å². The number of rotatable bonds is 7. The molecule has 0 fully saturated rings. The molecule has 0 saturated heterocycles. The van der Waals surface area contributed by atoms with Gasteiger partial charge in [-0.2, -0.15) is 5.26 Å². The van der Waals surface area contributed by atoms with Gasteiger partial charge in [0.15, 0.2) is 0 Å². The topological polar surface area (TPSA) is 85.4 Å². The maximum absolute atomic E-state index is 10.8. The molecule has 0 aromatic heterocycles. The number of benzene rings is 2. The lowest BCUT2D eigenvalue weighted by Crippen LogP contribution is -2.09. The van der Waals surface area contributed by atoms with Gasteiger partial charge < -0.3 is 9.47 Å². The van der Waals surface area contributed by atoms with Crippen molar-refractivity contribution in [2.75, 3.05) is 0 Å². The number of nitriles is 1. The fourth-order valence-electron chi connectivity index (χ4n) is 2.43. The minimum atomic E-state index is -0.471. The number of hydrogen-bond acceptors (Lipinski definition) is 5. The molecule has 6 nitrogen and oxygen atoms in total. The molecule has 0 N–H and O–H groups in total. The van der Waals surface area contributed by atoms with Crippen LogP contribution in [0, 0.1) is 21.4 Å². The van der Waals surface area contributed by atoms with Crippen molar-refractivity contribution >= 4 is 17.3 Å². The van der Waals surface area contributed by atoms with Crippen molar-refractivity contribution in [1.82, 2.24) is 0 Å². The predicted octanol–water partition coefficient (Wildman–Crippen LogP) is 5.23. The first kappa shape index (κ1) is 20.0. The molecule has 0 spiro atoms. The molecule has 0 aliphatic carbocycles. The van der Waals surface area contributed by atoms with E-state index in [1.54, 1.807) is 24.3 Å². The van der Waals surface area contributed by atoms with Crippen LogP contribution in [0.1, 0.15) is 38.8 Å². The van der Waals surface area contributed by atoms with Crippen LogP contribution in [0.5, 0.6) is 11.5 Å². The van der Waals surface area contributed by atoms with Crippen LogP contribution in [0.25, 0.3) is 11.6 Å². The van der Waals surface area contributed by atoms with E-state index < -0.39 is 4.92 Å². The van der Waals surface area contributed by atoms with Crippen molar-refractivity contribution in [2.45, 2.75) is 39.9 Å². The molecule has 0 unspecified atom stereocenters. The molecule has 2 aromatic rings. The van der Waals surface area contributed by atoms with Gasteiger partial charge in [0, 0.05) is 23.8 Å². The van der Waals surface area contributed by atoms with Gasteiger partial charge >= 0.3 is 0 Å². The molecule has 140 valence electrons. The summed E-state index contributed by atoms with van der Waals surface area (Å²) < 4.78 is 11.6. The Balaban J connectivity index is 2.44. The third-order valence-electron chi connectivity index (χ3n) is 3.53. The standard InChI is InChI=1S/C21H22N2O4/c1-14(2)26-20-10-7-17(21(12-20)27-15(3)4)11-18(13-22)16-5-8-19(9-6-16)23(24)25/h5-12,14-15H,1-4H3/b18-11-. The van der Waals surface area contributed by atoms with Crippen molar-refractivity contribution in [3.63, 3.8) is 0 Å². The Morgan fingerprint density at radius 1 is 1.07 bits per heavy atom. The van der Waals surface area contributed by atoms with Crippen LogP contribution in [0.2, 0.25) is 0 Å². The van der Waals surface area contributed by atoms with E-state index in [0.717, 1.165) is 5.56 Å². The van der Waals surface area contributed by atoms with E-state index in [-0.39, 0.29) is 17.9 Å². The van der Waals surface area contributed by atoms with Gasteiger partial charge in [-0.1, -0.05) is 0 Å². The SMILES string of the molecule is CC(C)Oc1ccc(/C=C(/C#N)c2ccc([N+](=O)[O-])cc2)c(OC(C)C)c1. The summed E-state index contributed by atoms with van der Waals surface area (Å²) in [4.78, 5) is 10.3. The smallest absolute Gasteiger partial charge is 0.269 e. The second kappa shape index (κ2) is 8.86. The van der Waals surface area contributed by atoms with E-state index in [4.69, 9.17) is 9.47 Å². The van der Waals surface area contributed by atoms with Crippen molar-refractivity contribution in [2.24, 2.45) is 0 Å². The number of hydrogen-bond donors (Lipinski definition) is 0. The Morgan fingerprint density at radius 2 is 1.70 bits per heavy atom. The molecule has 0 amide bonds. The fraction of sp³-hybridized carbons (Fsp3) is 0.286. The van der Waals surface area contributed by atoms with Crippen LogP contribution in [-0.2, 0) is 0 Å². The number of non-ortho nitro benzene ring substituents is 1. The van der Waals surface area contributed by atoms with Crippen LogP contribution in [0.15, 0.2) is 42.5 Å². The number of nitro benzene ring substituents is 1. The van der Waals surface area contributed by atoms with Gasteiger partial charge in [-0.25, -0.2) is 0 Å². The van der Waals surface area contributed by atoms with E-state index in [9.17, 15) is 15.4 Å². The lowest BCUT2D eigenvalue weighted by Gasteiger charge is -2.16. The van der Waals surface area contributed by atoms with Gasteiger partial charge in [-0.15, -0.1) is 0 Å². The van der Waals surface area contributed by atoms with E-state index in [1.165, 1.54) is 12.1 Å². The minimum absolute atomic E-state index is 0.0185. The van der Waals surface area contributed by atoms with Gasteiger partial charge in [-0.05, 0) is 63.6 Å². The van der Waals surface area contributed by atoms with E-state index in [0.29, 0.717) is 22.6 Å². The zero-order valence-electron chi connectivity index (χ0n) is 15.8. The van der Waals surface area contributed by atoms with E-state index >= 15 is 0 Å². The lowest BCUT2D eigenvalue weighted by atomic mass is 10.0. The largest absolute Gasteiger partial charge is 0.491 e. The Bertz CT molecular complexity index is 878. The van der Waals surface area contributed by atoms with Crippen LogP contribution in [0.3, 0.4) is 0 Å². The fourth-order valence-corrected chi connectivity index (χ4v) is 2.43. The number of nitrogens with zero attached hydrogens (tertiary/aromatic N) is 2. The van der Waals surface area contributed by atoms with Gasteiger partial charge in [0.1, 0.15) is 11.5 Å². The lowest BCUT2D eigenvalue weighted by molar-refractivity contribution is -0.384. The van der Waals surface area contributed by atoms with Crippen LogP contribution in [-0.4, -0.2) is 17.1 Å². The first-order valence-electron chi connectivity index (χ1n) is 8.64. The van der Waals surface area contributed by atoms with Gasteiger partial charge in [-0.3, -0.25) is 10.1 Å². The zero-order valence-corrected chi connectivity index (χ0v) is 15.8. The second-order valence-corrected chi connectivity index (χ2v) is 6.51. The Hall–Kier alpha value is -3.33. The summed E-state index contributed by atoms with van der Waals surface area (Å²) in [6, 6.07) is 13.5. The van der Waals surface area contributed by atoms with Gasteiger partial charge in [0.2, 0.25) is 0 Å². The van der Waals surface area contributed by atoms with Crippen LogP contribution >= 0.6 is 0 Å². The first-order chi connectivity index (χ1) is 12.8.